The van der Waals surface area contributed by atoms with E-state index in [4.69, 9.17) is 9.47 Å². The Balaban J connectivity index is 1.73. The fourth-order valence-corrected chi connectivity index (χ4v) is 4.13. The molecule has 0 saturated carbocycles. The predicted octanol–water partition coefficient (Wildman–Crippen LogP) is 6.33. The van der Waals surface area contributed by atoms with Crippen LogP contribution in [0, 0.1) is 0 Å². The number of rotatable bonds is 11. The van der Waals surface area contributed by atoms with Gasteiger partial charge in [-0.15, -0.1) is 0 Å². The van der Waals surface area contributed by atoms with Crippen molar-refractivity contribution in [3.05, 3.63) is 83.2 Å². The first kappa shape index (κ1) is 27.4. The average Bonchev–Trinajstić information content (AvgIpc) is 2.86. The molecule has 2 N–H and O–H groups in total. The highest BCUT2D eigenvalue weighted by molar-refractivity contribution is 5.71. The molecule has 9 heteroatoms. The Morgan fingerprint density at radius 1 is 1.17 bits per heavy atom. The molecular formula is C27H29F4NO4. The third kappa shape index (κ3) is 6.95. The van der Waals surface area contributed by atoms with E-state index in [2.05, 4.69) is 5.32 Å². The molecule has 194 valence electrons. The smallest absolute Gasteiger partial charge is 0.416 e. The summed E-state index contributed by atoms with van der Waals surface area (Å²) in [5.41, 5.74) is -0.707. The number of benzene rings is 2. The molecule has 1 aliphatic carbocycles. The Hall–Kier alpha value is -3.17. The Labute approximate surface area is 207 Å². The number of carbonyl (C=O) groups is 1. The lowest BCUT2D eigenvalue weighted by molar-refractivity contribution is -0.139. The van der Waals surface area contributed by atoms with Gasteiger partial charge in [0.1, 0.15) is 17.2 Å². The summed E-state index contributed by atoms with van der Waals surface area (Å²) in [4.78, 5) is 11.3. The van der Waals surface area contributed by atoms with Gasteiger partial charge in [-0.3, -0.25) is 4.79 Å². The van der Waals surface area contributed by atoms with Crippen molar-refractivity contribution in [2.45, 2.75) is 44.0 Å². The van der Waals surface area contributed by atoms with Crippen molar-refractivity contribution in [3.63, 3.8) is 0 Å². The second-order valence-electron chi connectivity index (χ2n) is 8.65. The third-order valence-electron chi connectivity index (χ3n) is 6.17. The first-order valence-electron chi connectivity index (χ1n) is 11.5. The zero-order valence-corrected chi connectivity index (χ0v) is 20.1. The molecule has 36 heavy (non-hydrogen) atoms. The van der Waals surface area contributed by atoms with Gasteiger partial charge in [0.15, 0.2) is 0 Å². The van der Waals surface area contributed by atoms with Crippen LogP contribution in [-0.2, 0) is 15.7 Å². The van der Waals surface area contributed by atoms with E-state index in [1.807, 2.05) is 31.2 Å². The standard InChI is InChI=1S/C27H29F4NO4/c1-18(19-5-4-8-23(16-19)35-2)32-13-14-36-26(12-11-25(33)34)17-21(9-10-24(26)28)20-6-3-7-22(15-20)27(29,30)31/h3-10,15-16,18,32H,11-14,17H2,1-2H3,(H,33,34)/t18?,26-/m1/s1. The summed E-state index contributed by atoms with van der Waals surface area (Å²) in [5, 5.41) is 12.5. The molecule has 2 aromatic carbocycles. The molecule has 0 radical (unpaired) electrons. The molecule has 1 aliphatic rings. The number of aliphatic carboxylic acids is 1. The molecule has 0 amide bonds. The first-order chi connectivity index (χ1) is 17.0. The number of carboxylic acid groups (broad SMARTS) is 1. The van der Waals surface area contributed by atoms with E-state index in [-0.39, 0.29) is 37.5 Å². The van der Waals surface area contributed by atoms with E-state index in [1.54, 1.807) is 7.11 Å². The van der Waals surface area contributed by atoms with Gasteiger partial charge in [-0.05, 0) is 60.4 Å². The van der Waals surface area contributed by atoms with Gasteiger partial charge >= 0.3 is 12.1 Å². The van der Waals surface area contributed by atoms with Crippen molar-refractivity contribution in [2.24, 2.45) is 0 Å². The van der Waals surface area contributed by atoms with Crippen molar-refractivity contribution in [2.75, 3.05) is 20.3 Å². The summed E-state index contributed by atoms with van der Waals surface area (Å²) in [6.07, 6.45) is -2.57. The predicted molar refractivity (Wildman–Crippen MR) is 128 cm³/mol. The lowest BCUT2D eigenvalue weighted by Crippen LogP contribution is -2.38. The maximum absolute atomic E-state index is 15.1. The molecule has 0 heterocycles. The zero-order chi connectivity index (χ0) is 26.3. The first-order valence-corrected chi connectivity index (χ1v) is 11.5. The summed E-state index contributed by atoms with van der Waals surface area (Å²) in [6.45, 7) is 2.35. The van der Waals surface area contributed by atoms with Crippen LogP contribution in [0.1, 0.15) is 48.9 Å². The van der Waals surface area contributed by atoms with Crippen LogP contribution in [-0.4, -0.2) is 36.9 Å². The van der Waals surface area contributed by atoms with Gasteiger partial charge in [-0.1, -0.05) is 30.3 Å². The normalized spacial score (nSPS) is 18.8. The van der Waals surface area contributed by atoms with Crippen LogP contribution in [0.3, 0.4) is 0 Å². The molecule has 0 fully saturated rings. The number of hydrogen-bond acceptors (Lipinski definition) is 4. The average molecular weight is 508 g/mol. The Kier molecular flexibility index (Phi) is 8.92. The van der Waals surface area contributed by atoms with Crippen LogP contribution >= 0.6 is 0 Å². The number of allylic oxidation sites excluding steroid dienone is 2. The number of ether oxygens (including phenoxy) is 2. The van der Waals surface area contributed by atoms with Crippen molar-refractivity contribution in [1.29, 1.82) is 0 Å². The van der Waals surface area contributed by atoms with Gasteiger partial charge in [0.05, 0.1) is 19.3 Å². The highest BCUT2D eigenvalue weighted by atomic mass is 19.4. The summed E-state index contributed by atoms with van der Waals surface area (Å²) in [7, 11) is 1.58. The zero-order valence-electron chi connectivity index (χ0n) is 20.1. The summed E-state index contributed by atoms with van der Waals surface area (Å²) in [5.74, 6) is -1.06. The molecule has 0 bridgehead atoms. The van der Waals surface area contributed by atoms with Crippen LogP contribution in [0.4, 0.5) is 17.6 Å². The largest absolute Gasteiger partial charge is 0.497 e. The fraction of sp³-hybridized carbons (Fsp3) is 0.370. The van der Waals surface area contributed by atoms with Crippen molar-refractivity contribution >= 4 is 11.5 Å². The van der Waals surface area contributed by atoms with Gasteiger partial charge in [0.25, 0.3) is 0 Å². The van der Waals surface area contributed by atoms with Gasteiger partial charge in [0.2, 0.25) is 0 Å². The number of carboxylic acids is 1. The van der Waals surface area contributed by atoms with Gasteiger partial charge < -0.3 is 19.9 Å². The minimum absolute atomic E-state index is 0.0606. The monoisotopic (exact) mass is 507 g/mol. The quantitative estimate of drug-likeness (QED) is 0.275. The summed E-state index contributed by atoms with van der Waals surface area (Å²) in [6, 6.07) is 12.2. The molecule has 2 atom stereocenters. The van der Waals surface area contributed by atoms with Crippen molar-refractivity contribution in [3.8, 4) is 5.75 Å². The van der Waals surface area contributed by atoms with E-state index in [0.29, 0.717) is 17.9 Å². The van der Waals surface area contributed by atoms with E-state index < -0.39 is 29.1 Å². The molecule has 0 aliphatic heterocycles. The SMILES string of the molecule is COc1cccc(C(C)NCCO[C@]2(CCC(=O)O)CC(c3cccc(C(F)(F)F)c3)=CC=C2F)c1. The number of methoxy groups -OCH3 is 1. The second-order valence-corrected chi connectivity index (χ2v) is 8.65. The van der Waals surface area contributed by atoms with E-state index in [1.165, 1.54) is 18.2 Å². The highest BCUT2D eigenvalue weighted by Gasteiger charge is 2.40. The lowest BCUT2D eigenvalue weighted by Gasteiger charge is -2.35. The van der Waals surface area contributed by atoms with E-state index >= 15 is 4.39 Å². The molecule has 0 spiro atoms. The Morgan fingerprint density at radius 2 is 1.92 bits per heavy atom. The maximum atomic E-state index is 15.1. The topological polar surface area (TPSA) is 67.8 Å². The number of alkyl halides is 3. The second kappa shape index (κ2) is 11.7. The van der Waals surface area contributed by atoms with Crippen LogP contribution in [0.2, 0.25) is 0 Å². The van der Waals surface area contributed by atoms with E-state index in [9.17, 15) is 23.1 Å². The molecule has 2 aromatic rings. The number of nitrogens with one attached hydrogen (secondary N) is 1. The van der Waals surface area contributed by atoms with E-state index in [0.717, 1.165) is 23.8 Å². The molecule has 3 rings (SSSR count). The summed E-state index contributed by atoms with van der Waals surface area (Å²) >= 11 is 0. The molecular weight excluding hydrogens is 478 g/mol. The van der Waals surface area contributed by atoms with Crippen molar-refractivity contribution < 1.29 is 36.9 Å². The van der Waals surface area contributed by atoms with Crippen LogP contribution < -0.4 is 10.1 Å². The summed E-state index contributed by atoms with van der Waals surface area (Å²) < 4.78 is 65.9. The Bertz CT molecular complexity index is 1130. The lowest BCUT2D eigenvalue weighted by atomic mass is 9.82. The number of hydrogen-bond donors (Lipinski definition) is 2. The molecule has 5 nitrogen and oxygen atoms in total. The van der Waals surface area contributed by atoms with Gasteiger partial charge in [-0.2, -0.15) is 13.2 Å². The van der Waals surface area contributed by atoms with Crippen LogP contribution in [0.15, 0.2) is 66.5 Å². The molecule has 0 saturated heterocycles. The Morgan fingerprint density at radius 3 is 2.61 bits per heavy atom. The van der Waals surface area contributed by atoms with Crippen LogP contribution in [0.5, 0.6) is 5.75 Å². The highest BCUT2D eigenvalue weighted by Crippen LogP contribution is 2.42. The minimum Gasteiger partial charge on any atom is -0.497 e. The van der Waals surface area contributed by atoms with Gasteiger partial charge in [-0.25, -0.2) is 4.39 Å². The van der Waals surface area contributed by atoms with Crippen molar-refractivity contribution in [1.82, 2.24) is 5.32 Å². The van der Waals surface area contributed by atoms with Gasteiger partial charge in [0, 0.05) is 25.4 Å². The number of halogens is 4. The third-order valence-corrected chi connectivity index (χ3v) is 6.17. The maximum Gasteiger partial charge on any atom is 0.416 e. The molecule has 0 aromatic heterocycles. The minimum atomic E-state index is -4.52. The fourth-order valence-electron chi connectivity index (χ4n) is 4.13. The van der Waals surface area contributed by atoms with Crippen LogP contribution in [0.25, 0.3) is 5.57 Å². The molecule has 1 unspecified atom stereocenters.